The molecule has 19 heavy (non-hydrogen) atoms. The van der Waals surface area contributed by atoms with E-state index in [1.807, 2.05) is 0 Å². The molecule has 1 aliphatic rings. The van der Waals surface area contributed by atoms with E-state index in [-0.39, 0.29) is 14.1 Å². The maximum Gasteiger partial charge on any atom is 0.254 e. The first-order valence-corrected chi connectivity index (χ1v) is 8.96. The summed E-state index contributed by atoms with van der Waals surface area (Å²) in [5, 5.41) is 0. The topological polar surface area (TPSA) is 50.3 Å². The Kier molecular flexibility index (Phi) is 4.26. The van der Waals surface area contributed by atoms with Crippen LogP contribution in [0.1, 0.15) is 33.6 Å². The molecule has 0 saturated carbocycles. The molecule has 7 heteroatoms. The number of halogens is 1. The van der Waals surface area contributed by atoms with Crippen LogP contribution in [0.5, 0.6) is 0 Å². The Morgan fingerprint density at radius 2 is 1.95 bits per heavy atom. The van der Waals surface area contributed by atoms with E-state index in [0.717, 1.165) is 24.2 Å². The third-order valence-electron chi connectivity index (χ3n) is 3.73. The molecule has 0 N–H and O–H groups in total. The van der Waals surface area contributed by atoms with E-state index < -0.39 is 10.0 Å². The van der Waals surface area contributed by atoms with E-state index >= 15 is 0 Å². The molecule has 0 aromatic carbocycles. The molecule has 0 atom stereocenters. The number of sulfonamides is 1. The number of hydrogen-bond acceptors (Lipinski definition) is 4. The molecule has 1 saturated heterocycles. The average molecular weight is 323 g/mol. The molecule has 108 valence electrons. The molecular weight excluding hydrogens is 304 g/mol. The fourth-order valence-corrected chi connectivity index (χ4v) is 5.37. The zero-order valence-corrected chi connectivity index (χ0v) is 13.8. The molecule has 1 aromatic rings. The number of aromatic nitrogens is 1. The molecule has 1 aromatic heterocycles. The molecule has 1 fully saturated rings. The minimum atomic E-state index is -3.41. The Morgan fingerprint density at radius 1 is 1.37 bits per heavy atom. The highest BCUT2D eigenvalue weighted by atomic mass is 35.5. The molecule has 0 aliphatic carbocycles. The molecule has 2 rings (SSSR count). The van der Waals surface area contributed by atoms with Crippen LogP contribution < -0.4 is 0 Å². The predicted octanol–water partition coefficient (Wildman–Crippen LogP) is 3.24. The van der Waals surface area contributed by atoms with Crippen molar-refractivity contribution in [2.24, 2.45) is 11.3 Å². The van der Waals surface area contributed by atoms with Crippen molar-refractivity contribution in [3.05, 3.63) is 10.7 Å². The number of thiazole rings is 1. The molecule has 0 amide bonds. The van der Waals surface area contributed by atoms with Gasteiger partial charge in [-0.1, -0.05) is 43.7 Å². The summed E-state index contributed by atoms with van der Waals surface area (Å²) in [4.78, 5) is 3.81. The Hall–Kier alpha value is -0.170. The third kappa shape index (κ3) is 3.29. The van der Waals surface area contributed by atoms with Gasteiger partial charge in [-0.2, -0.15) is 4.31 Å². The molecule has 4 nitrogen and oxygen atoms in total. The number of rotatable bonds is 2. The standard InChI is InChI=1S/C12H19ClN2O2S2/c1-12(2,3)9-4-6-15(7-5-9)19(16,17)10-8-14-11(13)18-10/h8-9H,4-7H2,1-3H3. The van der Waals surface area contributed by atoms with Crippen LogP contribution in [-0.2, 0) is 10.0 Å². The highest BCUT2D eigenvalue weighted by molar-refractivity contribution is 7.91. The van der Waals surface area contributed by atoms with Gasteiger partial charge in [0, 0.05) is 13.1 Å². The second-order valence-corrected chi connectivity index (χ2v) is 9.75. The normalized spacial score (nSPS) is 19.8. The van der Waals surface area contributed by atoms with Crippen LogP contribution in [0.25, 0.3) is 0 Å². The van der Waals surface area contributed by atoms with Gasteiger partial charge in [0.2, 0.25) is 0 Å². The van der Waals surface area contributed by atoms with Gasteiger partial charge in [0.05, 0.1) is 6.20 Å². The lowest BCUT2D eigenvalue weighted by atomic mass is 9.76. The Bertz CT molecular complexity index is 540. The molecule has 0 radical (unpaired) electrons. The zero-order chi connectivity index (χ0) is 14.3. The fraction of sp³-hybridized carbons (Fsp3) is 0.750. The van der Waals surface area contributed by atoms with Crippen molar-refractivity contribution < 1.29 is 8.42 Å². The molecular formula is C12H19ClN2O2S2. The van der Waals surface area contributed by atoms with E-state index in [4.69, 9.17) is 11.6 Å². The summed E-state index contributed by atoms with van der Waals surface area (Å²) in [6.45, 7) is 7.81. The monoisotopic (exact) mass is 322 g/mol. The van der Waals surface area contributed by atoms with Gasteiger partial charge in [-0.25, -0.2) is 13.4 Å². The maximum atomic E-state index is 12.4. The summed E-state index contributed by atoms with van der Waals surface area (Å²) < 4.78 is 26.9. The molecule has 0 bridgehead atoms. The van der Waals surface area contributed by atoms with Crippen LogP contribution in [0.3, 0.4) is 0 Å². The minimum Gasteiger partial charge on any atom is -0.232 e. The van der Waals surface area contributed by atoms with Crippen LogP contribution in [0.15, 0.2) is 10.4 Å². The fourth-order valence-electron chi connectivity index (χ4n) is 2.45. The highest BCUT2D eigenvalue weighted by Crippen LogP contribution is 2.36. The van der Waals surface area contributed by atoms with Gasteiger partial charge in [0.15, 0.2) is 8.68 Å². The minimum absolute atomic E-state index is 0.240. The smallest absolute Gasteiger partial charge is 0.232 e. The van der Waals surface area contributed by atoms with Gasteiger partial charge in [-0.15, -0.1) is 0 Å². The molecule has 0 spiro atoms. The lowest BCUT2D eigenvalue weighted by molar-refractivity contribution is 0.154. The SMILES string of the molecule is CC(C)(C)C1CCN(S(=O)(=O)c2cnc(Cl)s2)CC1. The van der Waals surface area contributed by atoms with Crippen molar-refractivity contribution in [3.63, 3.8) is 0 Å². The van der Waals surface area contributed by atoms with Crippen molar-refractivity contribution in [1.29, 1.82) is 0 Å². The van der Waals surface area contributed by atoms with Gasteiger partial charge >= 0.3 is 0 Å². The predicted molar refractivity (Wildman–Crippen MR) is 78.1 cm³/mol. The van der Waals surface area contributed by atoms with Crippen LogP contribution in [-0.4, -0.2) is 30.8 Å². The molecule has 1 aliphatic heterocycles. The first-order chi connectivity index (χ1) is 8.71. The lowest BCUT2D eigenvalue weighted by Crippen LogP contribution is -2.41. The van der Waals surface area contributed by atoms with E-state index in [1.165, 1.54) is 6.20 Å². The van der Waals surface area contributed by atoms with Crippen molar-refractivity contribution in [2.45, 2.75) is 37.8 Å². The highest BCUT2D eigenvalue weighted by Gasteiger charge is 2.34. The third-order valence-corrected chi connectivity index (χ3v) is 7.18. The van der Waals surface area contributed by atoms with E-state index in [2.05, 4.69) is 25.8 Å². The van der Waals surface area contributed by atoms with Crippen molar-refractivity contribution >= 4 is 33.0 Å². The lowest BCUT2D eigenvalue weighted by Gasteiger charge is -2.37. The van der Waals surface area contributed by atoms with E-state index in [1.54, 1.807) is 4.31 Å². The second kappa shape index (κ2) is 5.31. The van der Waals surface area contributed by atoms with Crippen molar-refractivity contribution in [3.8, 4) is 0 Å². The van der Waals surface area contributed by atoms with Crippen molar-refractivity contribution in [2.75, 3.05) is 13.1 Å². The summed E-state index contributed by atoms with van der Waals surface area (Å²) in [6, 6.07) is 0. The summed E-state index contributed by atoms with van der Waals surface area (Å²) in [6.07, 6.45) is 3.17. The van der Waals surface area contributed by atoms with Gasteiger partial charge in [-0.05, 0) is 24.2 Å². The number of piperidine rings is 1. The van der Waals surface area contributed by atoms with E-state index in [0.29, 0.717) is 19.0 Å². The number of hydrogen-bond donors (Lipinski definition) is 0. The van der Waals surface area contributed by atoms with Crippen molar-refractivity contribution in [1.82, 2.24) is 9.29 Å². The summed E-state index contributed by atoms with van der Waals surface area (Å²) in [5.74, 6) is 0.573. The van der Waals surface area contributed by atoms with Crippen LogP contribution in [0.2, 0.25) is 4.47 Å². The van der Waals surface area contributed by atoms with E-state index in [9.17, 15) is 8.42 Å². The van der Waals surface area contributed by atoms with Gasteiger partial charge in [0.1, 0.15) is 0 Å². The molecule has 0 unspecified atom stereocenters. The second-order valence-electron chi connectivity index (χ2n) is 5.98. The zero-order valence-electron chi connectivity index (χ0n) is 11.4. The summed E-state index contributed by atoms with van der Waals surface area (Å²) >= 11 is 6.73. The van der Waals surface area contributed by atoms with Gasteiger partial charge in [-0.3, -0.25) is 0 Å². The Labute approximate surface area is 123 Å². The van der Waals surface area contributed by atoms with Crippen LogP contribution in [0, 0.1) is 11.3 Å². The summed E-state index contributed by atoms with van der Waals surface area (Å²) in [7, 11) is -3.41. The van der Waals surface area contributed by atoms with Crippen LogP contribution >= 0.6 is 22.9 Å². The number of nitrogens with zero attached hydrogens (tertiary/aromatic N) is 2. The van der Waals surface area contributed by atoms with Gasteiger partial charge < -0.3 is 0 Å². The summed E-state index contributed by atoms with van der Waals surface area (Å²) in [5.41, 5.74) is 0.240. The average Bonchev–Trinajstić information content (AvgIpc) is 2.76. The Morgan fingerprint density at radius 3 is 2.37 bits per heavy atom. The quantitative estimate of drug-likeness (QED) is 0.840. The van der Waals surface area contributed by atoms with Crippen LogP contribution in [0.4, 0.5) is 0 Å². The maximum absolute atomic E-state index is 12.4. The molecule has 2 heterocycles. The van der Waals surface area contributed by atoms with Gasteiger partial charge in [0.25, 0.3) is 10.0 Å². The Balaban J connectivity index is 2.09. The first-order valence-electron chi connectivity index (χ1n) is 6.33. The first kappa shape index (κ1) is 15.2. The largest absolute Gasteiger partial charge is 0.254 e.